The Morgan fingerprint density at radius 3 is 2.65 bits per heavy atom. The highest BCUT2D eigenvalue weighted by Gasteiger charge is 2.28. The molecular formula is C17H29N3. The average molecular weight is 275 g/mol. The monoisotopic (exact) mass is 275 g/mol. The van der Waals surface area contributed by atoms with E-state index in [9.17, 15) is 0 Å². The fourth-order valence-corrected chi connectivity index (χ4v) is 3.77. The number of fused-ring (bicyclic) bond motifs is 1. The normalized spacial score (nSPS) is 20.9. The predicted molar refractivity (Wildman–Crippen MR) is 82.9 cm³/mol. The lowest BCUT2D eigenvalue weighted by molar-refractivity contribution is 0.306. The summed E-state index contributed by atoms with van der Waals surface area (Å²) >= 11 is 0. The Morgan fingerprint density at radius 1 is 1.20 bits per heavy atom. The molecule has 0 saturated heterocycles. The first-order chi connectivity index (χ1) is 9.55. The molecule has 0 unspecified atom stereocenters. The zero-order valence-corrected chi connectivity index (χ0v) is 13.3. The van der Waals surface area contributed by atoms with E-state index < -0.39 is 0 Å². The number of rotatable bonds is 2. The summed E-state index contributed by atoms with van der Waals surface area (Å²) in [5.74, 6) is 2.18. The molecule has 0 atom stereocenters. The molecule has 1 fully saturated rings. The molecule has 2 heterocycles. The van der Waals surface area contributed by atoms with E-state index in [4.69, 9.17) is 4.98 Å². The Hall–Kier alpha value is -0.830. The van der Waals surface area contributed by atoms with Crippen LogP contribution in [0.15, 0.2) is 0 Å². The van der Waals surface area contributed by atoms with Crippen molar-refractivity contribution in [1.82, 2.24) is 14.9 Å². The molecule has 1 N–H and O–H groups in total. The maximum absolute atomic E-state index is 4.99. The molecule has 3 heteroatoms. The summed E-state index contributed by atoms with van der Waals surface area (Å²) in [5, 5.41) is 3.46. The van der Waals surface area contributed by atoms with Crippen LogP contribution in [0.5, 0.6) is 0 Å². The van der Waals surface area contributed by atoms with Gasteiger partial charge in [0.15, 0.2) is 0 Å². The molecule has 1 saturated carbocycles. The summed E-state index contributed by atoms with van der Waals surface area (Å²) in [5.41, 5.74) is 2.96. The fourth-order valence-electron chi connectivity index (χ4n) is 3.77. The van der Waals surface area contributed by atoms with Crippen LogP contribution >= 0.6 is 0 Å². The van der Waals surface area contributed by atoms with Crippen molar-refractivity contribution in [3.8, 4) is 0 Å². The van der Waals surface area contributed by atoms with Gasteiger partial charge in [0.05, 0.1) is 5.69 Å². The fraction of sp³-hybridized carbons (Fsp3) is 0.824. The second-order valence-electron chi connectivity index (χ2n) is 7.62. The quantitative estimate of drug-likeness (QED) is 0.896. The number of hydrogen-bond donors (Lipinski definition) is 1. The number of hydrogen-bond acceptors (Lipinski definition) is 2. The van der Waals surface area contributed by atoms with Gasteiger partial charge in [0, 0.05) is 37.2 Å². The number of nitrogens with one attached hydrogen (secondary N) is 1. The van der Waals surface area contributed by atoms with Crippen LogP contribution in [-0.2, 0) is 24.9 Å². The third kappa shape index (κ3) is 2.78. The molecule has 1 aromatic heterocycles. The largest absolute Gasteiger partial charge is 0.331 e. The predicted octanol–water partition coefficient (Wildman–Crippen LogP) is 3.41. The first kappa shape index (κ1) is 14.1. The third-order valence-corrected chi connectivity index (χ3v) is 4.82. The number of imidazole rings is 1. The minimum Gasteiger partial charge on any atom is -0.331 e. The first-order valence-corrected chi connectivity index (χ1v) is 8.35. The van der Waals surface area contributed by atoms with Crippen LogP contribution in [0.1, 0.15) is 70.1 Å². The highest BCUT2D eigenvalue weighted by molar-refractivity contribution is 5.23. The summed E-state index contributed by atoms with van der Waals surface area (Å²) in [6.07, 6.45) is 8.26. The van der Waals surface area contributed by atoms with Gasteiger partial charge < -0.3 is 9.88 Å². The van der Waals surface area contributed by atoms with E-state index >= 15 is 0 Å². The maximum atomic E-state index is 4.99. The van der Waals surface area contributed by atoms with E-state index in [0.717, 1.165) is 25.4 Å². The second-order valence-corrected chi connectivity index (χ2v) is 7.62. The lowest BCUT2D eigenvalue weighted by Gasteiger charge is -2.27. The molecule has 0 bridgehead atoms. The van der Waals surface area contributed by atoms with Crippen LogP contribution in [0, 0.1) is 5.92 Å². The number of nitrogens with zero attached hydrogens (tertiary/aromatic N) is 2. The van der Waals surface area contributed by atoms with Crippen LogP contribution in [0.3, 0.4) is 0 Å². The average Bonchev–Trinajstić information content (AvgIpc) is 2.79. The minimum absolute atomic E-state index is 0.145. The van der Waals surface area contributed by atoms with Gasteiger partial charge in [-0.3, -0.25) is 0 Å². The Labute approximate surface area is 123 Å². The van der Waals surface area contributed by atoms with E-state index in [1.54, 1.807) is 0 Å². The molecule has 3 nitrogen and oxygen atoms in total. The van der Waals surface area contributed by atoms with Crippen LogP contribution in [-0.4, -0.2) is 16.1 Å². The summed E-state index contributed by atoms with van der Waals surface area (Å²) in [6, 6.07) is 0. The summed E-state index contributed by atoms with van der Waals surface area (Å²) < 4.78 is 2.59. The Balaban J connectivity index is 1.91. The van der Waals surface area contributed by atoms with Crippen molar-refractivity contribution >= 4 is 0 Å². The van der Waals surface area contributed by atoms with Crippen molar-refractivity contribution in [2.75, 3.05) is 6.54 Å². The molecule has 0 spiro atoms. The summed E-state index contributed by atoms with van der Waals surface area (Å²) in [6.45, 7) is 10.2. The SMILES string of the molecule is CC(C)(C)c1nc2c(n1CC1CCCCC1)CCNC2. The summed E-state index contributed by atoms with van der Waals surface area (Å²) in [4.78, 5) is 4.99. The van der Waals surface area contributed by atoms with Crippen molar-refractivity contribution < 1.29 is 0 Å². The summed E-state index contributed by atoms with van der Waals surface area (Å²) in [7, 11) is 0. The molecule has 0 radical (unpaired) electrons. The molecule has 112 valence electrons. The van der Waals surface area contributed by atoms with Crippen molar-refractivity contribution in [2.45, 2.75) is 77.8 Å². The van der Waals surface area contributed by atoms with Gasteiger partial charge in [0.25, 0.3) is 0 Å². The van der Waals surface area contributed by atoms with Crippen molar-refractivity contribution in [3.05, 3.63) is 17.2 Å². The zero-order chi connectivity index (χ0) is 14.2. The van der Waals surface area contributed by atoms with Gasteiger partial charge in [-0.25, -0.2) is 4.98 Å². The smallest absolute Gasteiger partial charge is 0.114 e. The van der Waals surface area contributed by atoms with Crippen molar-refractivity contribution in [3.63, 3.8) is 0 Å². The Morgan fingerprint density at radius 2 is 1.95 bits per heavy atom. The van der Waals surface area contributed by atoms with Crippen LogP contribution in [0.4, 0.5) is 0 Å². The number of aromatic nitrogens is 2. The van der Waals surface area contributed by atoms with E-state index in [2.05, 4.69) is 30.7 Å². The van der Waals surface area contributed by atoms with Crippen molar-refractivity contribution in [1.29, 1.82) is 0 Å². The molecule has 3 rings (SSSR count). The topological polar surface area (TPSA) is 29.9 Å². The van der Waals surface area contributed by atoms with Crippen LogP contribution in [0.2, 0.25) is 0 Å². The molecule has 0 amide bonds. The minimum atomic E-state index is 0.145. The van der Waals surface area contributed by atoms with E-state index in [-0.39, 0.29) is 5.41 Å². The standard InChI is InChI=1S/C17H29N3/c1-17(2,3)16-19-14-11-18-10-9-15(14)20(16)12-13-7-5-4-6-8-13/h13,18H,4-12H2,1-3H3. The lowest BCUT2D eigenvalue weighted by Crippen LogP contribution is -2.27. The molecular weight excluding hydrogens is 246 g/mol. The molecule has 1 aliphatic carbocycles. The van der Waals surface area contributed by atoms with E-state index in [1.807, 2.05) is 0 Å². The molecule has 1 aromatic rings. The second kappa shape index (κ2) is 5.51. The molecule has 2 aliphatic rings. The van der Waals surface area contributed by atoms with E-state index in [1.165, 1.54) is 55.9 Å². The van der Waals surface area contributed by atoms with Gasteiger partial charge in [-0.2, -0.15) is 0 Å². The van der Waals surface area contributed by atoms with Gasteiger partial charge in [-0.1, -0.05) is 40.0 Å². The zero-order valence-electron chi connectivity index (χ0n) is 13.3. The first-order valence-electron chi connectivity index (χ1n) is 8.35. The van der Waals surface area contributed by atoms with Gasteiger partial charge >= 0.3 is 0 Å². The Kier molecular flexibility index (Phi) is 3.89. The highest BCUT2D eigenvalue weighted by atomic mass is 15.1. The van der Waals surface area contributed by atoms with Gasteiger partial charge in [-0.15, -0.1) is 0 Å². The third-order valence-electron chi connectivity index (χ3n) is 4.82. The molecule has 0 aromatic carbocycles. The van der Waals surface area contributed by atoms with Gasteiger partial charge in [0.2, 0.25) is 0 Å². The lowest BCUT2D eigenvalue weighted by atomic mass is 9.88. The molecule has 1 aliphatic heterocycles. The maximum Gasteiger partial charge on any atom is 0.114 e. The van der Waals surface area contributed by atoms with E-state index in [0.29, 0.717) is 0 Å². The van der Waals surface area contributed by atoms with Crippen molar-refractivity contribution in [2.24, 2.45) is 5.92 Å². The highest BCUT2D eigenvalue weighted by Crippen LogP contribution is 2.31. The molecule has 20 heavy (non-hydrogen) atoms. The van der Waals surface area contributed by atoms with Gasteiger partial charge in [-0.05, 0) is 18.8 Å². The van der Waals surface area contributed by atoms with Crippen LogP contribution in [0.25, 0.3) is 0 Å². The van der Waals surface area contributed by atoms with Gasteiger partial charge in [0.1, 0.15) is 5.82 Å². The van der Waals surface area contributed by atoms with Crippen LogP contribution < -0.4 is 5.32 Å². The Bertz CT molecular complexity index is 461.